The first-order valence-electron chi connectivity index (χ1n) is 35.6. The molecule has 0 bridgehead atoms. The smallest absolute Gasteiger partial charge is 0.306 e. The van der Waals surface area contributed by atoms with Crippen LogP contribution in [0.5, 0.6) is 0 Å². The largest absolute Gasteiger partial charge is 0.462 e. The van der Waals surface area contributed by atoms with Crippen molar-refractivity contribution in [2.45, 2.75) is 367 Å². The van der Waals surface area contributed by atoms with E-state index in [9.17, 15) is 14.4 Å². The Bertz CT molecular complexity index is 1550. The van der Waals surface area contributed by atoms with Crippen molar-refractivity contribution in [2.75, 3.05) is 13.2 Å². The predicted molar refractivity (Wildman–Crippen MR) is 358 cm³/mol. The number of carbonyl (C=O) groups is 3. The van der Waals surface area contributed by atoms with Gasteiger partial charge in [-0.25, -0.2) is 0 Å². The summed E-state index contributed by atoms with van der Waals surface area (Å²) < 4.78 is 17.0. The maximum absolute atomic E-state index is 13.0. The molecule has 0 aliphatic carbocycles. The van der Waals surface area contributed by atoms with Gasteiger partial charge >= 0.3 is 17.9 Å². The van der Waals surface area contributed by atoms with Gasteiger partial charge in [-0.3, -0.25) is 14.4 Å². The molecule has 6 heteroatoms. The molecule has 1 unspecified atom stereocenters. The Morgan fingerprint density at radius 3 is 0.744 bits per heavy atom. The van der Waals surface area contributed by atoms with Crippen LogP contribution in [0.2, 0.25) is 0 Å². The Balaban J connectivity index is 4.27. The van der Waals surface area contributed by atoms with Crippen molar-refractivity contribution in [1.82, 2.24) is 0 Å². The fraction of sp³-hybridized carbons (Fsp3) is 0.776. The van der Waals surface area contributed by atoms with Crippen molar-refractivity contribution in [3.05, 3.63) is 85.1 Å². The second-order valence-corrected chi connectivity index (χ2v) is 23.8. The number of ether oxygens (including phenoxy) is 3. The van der Waals surface area contributed by atoms with Gasteiger partial charge in [0.25, 0.3) is 0 Å². The molecule has 1 atom stereocenters. The van der Waals surface area contributed by atoms with Gasteiger partial charge in [0.2, 0.25) is 0 Å². The van der Waals surface area contributed by atoms with Crippen LogP contribution in [0.15, 0.2) is 85.1 Å². The van der Waals surface area contributed by atoms with Crippen molar-refractivity contribution in [2.24, 2.45) is 0 Å². The molecule has 82 heavy (non-hydrogen) atoms. The number of rotatable bonds is 65. The fourth-order valence-corrected chi connectivity index (χ4v) is 10.3. The van der Waals surface area contributed by atoms with E-state index < -0.39 is 6.10 Å². The van der Waals surface area contributed by atoms with E-state index in [-0.39, 0.29) is 31.1 Å². The van der Waals surface area contributed by atoms with E-state index in [0.29, 0.717) is 19.3 Å². The lowest BCUT2D eigenvalue weighted by Crippen LogP contribution is -2.30. The molecule has 0 amide bonds. The van der Waals surface area contributed by atoms with Crippen LogP contribution in [0.4, 0.5) is 0 Å². The van der Waals surface area contributed by atoms with Crippen LogP contribution in [0.1, 0.15) is 361 Å². The van der Waals surface area contributed by atoms with Gasteiger partial charge in [-0.2, -0.15) is 0 Å². The Morgan fingerprint density at radius 2 is 0.476 bits per heavy atom. The van der Waals surface area contributed by atoms with Gasteiger partial charge in [0.05, 0.1) is 0 Å². The van der Waals surface area contributed by atoms with E-state index in [1.54, 1.807) is 0 Å². The molecular formula is C76H134O6. The molecule has 0 aromatic carbocycles. The fourth-order valence-electron chi connectivity index (χ4n) is 10.3. The number of esters is 3. The van der Waals surface area contributed by atoms with Crippen LogP contribution in [0.25, 0.3) is 0 Å². The first-order chi connectivity index (χ1) is 40.5. The van der Waals surface area contributed by atoms with Gasteiger partial charge in [-0.15, -0.1) is 0 Å². The van der Waals surface area contributed by atoms with E-state index >= 15 is 0 Å². The van der Waals surface area contributed by atoms with E-state index in [2.05, 4.69) is 106 Å². The Hall–Kier alpha value is -3.41. The summed E-state index contributed by atoms with van der Waals surface area (Å²) in [7, 11) is 0. The summed E-state index contributed by atoms with van der Waals surface area (Å²) in [5, 5.41) is 0. The topological polar surface area (TPSA) is 78.9 Å². The summed E-state index contributed by atoms with van der Waals surface area (Å²) >= 11 is 0. The van der Waals surface area contributed by atoms with Gasteiger partial charge in [-0.05, 0) is 96.3 Å². The zero-order valence-electron chi connectivity index (χ0n) is 54.5. The normalized spacial score (nSPS) is 12.6. The first kappa shape index (κ1) is 78.6. The molecule has 0 spiro atoms. The van der Waals surface area contributed by atoms with E-state index in [4.69, 9.17) is 14.2 Å². The molecule has 0 heterocycles. The van der Waals surface area contributed by atoms with Crippen LogP contribution in [0.3, 0.4) is 0 Å². The lowest BCUT2D eigenvalue weighted by molar-refractivity contribution is -0.167. The van der Waals surface area contributed by atoms with Crippen LogP contribution in [0, 0.1) is 0 Å². The Labute approximate surface area is 509 Å². The highest BCUT2D eigenvalue weighted by Crippen LogP contribution is 2.18. The van der Waals surface area contributed by atoms with E-state index in [1.165, 1.54) is 212 Å². The first-order valence-corrected chi connectivity index (χ1v) is 35.6. The molecule has 0 fully saturated rings. The average Bonchev–Trinajstić information content (AvgIpc) is 3.47. The van der Waals surface area contributed by atoms with E-state index in [0.717, 1.165) is 109 Å². The minimum absolute atomic E-state index is 0.0769. The molecule has 0 saturated heterocycles. The third-order valence-corrected chi connectivity index (χ3v) is 15.6. The standard InChI is InChI=1S/C76H134O6/c1-4-7-10-13-16-19-22-25-28-30-32-34-35-36-37-38-39-40-41-43-44-46-48-51-54-57-60-63-66-69-75(78)81-72-73(71-80-74(77)68-65-62-59-56-53-50-27-24-21-18-15-12-9-6-3)82-76(79)70-67-64-61-58-55-52-49-47-45-42-33-31-29-26-23-20-17-14-11-8-5-2/h7,10,16,19,23,25-26,28,31-34,45,47,73H,4-6,8-9,11-15,17-18,20-22,24,27,29-30,35-44,46,48-72H2,1-3H3/b10-7-,19-16-,26-23-,28-25-,33-31-,34-32-,47-45-. The highest BCUT2D eigenvalue weighted by Gasteiger charge is 2.19. The molecule has 474 valence electrons. The lowest BCUT2D eigenvalue weighted by atomic mass is 10.0. The number of hydrogen-bond acceptors (Lipinski definition) is 6. The number of unbranched alkanes of at least 4 members (excludes halogenated alkanes) is 40. The zero-order chi connectivity index (χ0) is 59.2. The molecule has 0 aliphatic heterocycles. The molecule has 0 N–H and O–H groups in total. The van der Waals surface area contributed by atoms with Crippen LogP contribution >= 0.6 is 0 Å². The zero-order valence-corrected chi connectivity index (χ0v) is 54.5. The van der Waals surface area contributed by atoms with Crippen molar-refractivity contribution in [1.29, 1.82) is 0 Å². The third-order valence-electron chi connectivity index (χ3n) is 15.6. The monoisotopic (exact) mass is 1140 g/mol. The molecule has 0 aromatic rings. The minimum atomic E-state index is -0.783. The summed E-state index contributed by atoms with van der Waals surface area (Å²) in [4.78, 5) is 38.4. The molecule has 0 saturated carbocycles. The second-order valence-electron chi connectivity index (χ2n) is 23.8. The maximum atomic E-state index is 13.0. The average molecular weight is 1140 g/mol. The lowest BCUT2D eigenvalue weighted by Gasteiger charge is -2.18. The summed E-state index contributed by atoms with van der Waals surface area (Å²) in [6, 6.07) is 0. The van der Waals surface area contributed by atoms with Crippen molar-refractivity contribution in [3.63, 3.8) is 0 Å². The molecule has 0 aromatic heterocycles. The van der Waals surface area contributed by atoms with Crippen molar-refractivity contribution in [3.8, 4) is 0 Å². The Kier molecular flexibility index (Phi) is 67.2. The van der Waals surface area contributed by atoms with Crippen molar-refractivity contribution < 1.29 is 28.6 Å². The summed E-state index contributed by atoms with van der Waals surface area (Å²) in [6.07, 6.45) is 93.2. The summed E-state index contributed by atoms with van der Waals surface area (Å²) in [5.41, 5.74) is 0. The van der Waals surface area contributed by atoms with Gasteiger partial charge in [0.1, 0.15) is 13.2 Å². The van der Waals surface area contributed by atoms with Crippen LogP contribution in [-0.4, -0.2) is 37.2 Å². The SMILES string of the molecule is CC/C=C\C/C=C\C/C=C\C/C=C\CCCCCCCCCCCCCCCCCCC(=O)OCC(COC(=O)CCCCCCCCCCCCCCCC)OC(=O)CCCCCCCC/C=C\C/C=C\C/C=C\CCCCCCC. The highest BCUT2D eigenvalue weighted by atomic mass is 16.6. The highest BCUT2D eigenvalue weighted by molar-refractivity contribution is 5.71. The van der Waals surface area contributed by atoms with E-state index in [1.807, 2.05) is 0 Å². The molecule has 0 rings (SSSR count). The van der Waals surface area contributed by atoms with Gasteiger partial charge in [-0.1, -0.05) is 331 Å². The van der Waals surface area contributed by atoms with Crippen LogP contribution < -0.4 is 0 Å². The number of allylic oxidation sites excluding steroid dienone is 14. The molecular weight excluding hydrogens is 1010 g/mol. The number of hydrogen-bond donors (Lipinski definition) is 0. The Morgan fingerprint density at radius 1 is 0.256 bits per heavy atom. The van der Waals surface area contributed by atoms with Gasteiger partial charge in [0, 0.05) is 19.3 Å². The molecule has 0 aliphatic rings. The predicted octanol–water partition coefficient (Wildman–Crippen LogP) is 24.6. The van der Waals surface area contributed by atoms with Crippen molar-refractivity contribution >= 4 is 17.9 Å². The van der Waals surface area contributed by atoms with Gasteiger partial charge in [0.15, 0.2) is 6.10 Å². The number of carbonyl (C=O) groups excluding carboxylic acids is 3. The molecule has 6 nitrogen and oxygen atoms in total. The maximum Gasteiger partial charge on any atom is 0.306 e. The second kappa shape index (κ2) is 70.1. The minimum Gasteiger partial charge on any atom is -0.462 e. The summed E-state index contributed by atoms with van der Waals surface area (Å²) in [6.45, 7) is 6.56. The summed E-state index contributed by atoms with van der Waals surface area (Å²) in [5.74, 6) is -0.869. The van der Waals surface area contributed by atoms with Gasteiger partial charge < -0.3 is 14.2 Å². The molecule has 0 radical (unpaired) electrons. The van der Waals surface area contributed by atoms with Crippen LogP contribution in [-0.2, 0) is 28.6 Å². The quantitative estimate of drug-likeness (QED) is 0.0261. The third kappa shape index (κ3) is 67.4.